The Morgan fingerprint density at radius 3 is 2.83 bits per heavy atom. The van der Waals surface area contributed by atoms with Crippen LogP contribution >= 0.6 is 0 Å². The van der Waals surface area contributed by atoms with Crippen LogP contribution in [0.5, 0.6) is 0 Å². The Hall–Kier alpha value is -2.85. The summed E-state index contributed by atoms with van der Waals surface area (Å²) < 4.78 is 9.48. The lowest BCUT2D eigenvalue weighted by Gasteiger charge is -2.37. The van der Waals surface area contributed by atoms with Crippen LogP contribution in [-0.2, 0) is 9.53 Å². The van der Waals surface area contributed by atoms with E-state index in [0.29, 0.717) is 25.6 Å². The second-order valence-electron chi connectivity index (χ2n) is 8.00. The second kappa shape index (κ2) is 8.11. The van der Waals surface area contributed by atoms with E-state index < -0.39 is 0 Å². The van der Waals surface area contributed by atoms with E-state index in [1.165, 1.54) is 0 Å². The molecule has 2 aliphatic heterocycles. The average molecular weight is 410 g/mol. The number of amides is 1. The van der Waals surface area contributed by atoms with E-state index in [1.54, 1.807) is 17.8 Å². The maximum atomic E-state index is 11.6. The average Bonchev–Trinajstić information content (AvgIpc) is 3.44. The maximum Gasteiger partial charge on any atom is 0.219 e. The molecule has 2 saturated heterocycles. The zero-order chi connectivity index (χ0) is 20.5. The summed E-state index contributed by atoms with van der Waals surface area (Å²) in [5.74, 6) is 2.10. The summed E-state index contributed by atoms with van der Waals surface area (Å²) in [6, 6.07) is 5.70. The zero-order valence-electron chi connectivity index (χ0n) is 17.1. The third-order valence-corrected chi connectivity index (χ3v) is 6.01. The molecule has 3 aromatic rings. The molecule has 3 aromatic heterocycles. The number of fused-ring (bicyclic) bond motifs is 1. The highest BCUT2D eigenvalue weighted by Gasteiger charge is 2.29. The number of hydrogen-bond acceptors (Lipinski definition) is 7. The van der Waals surface area contributed by atoms with Crippen molar-refractivity contribution in [2.75, 3.05) is 39.3 Å². The van der Waals surface area contributed by atoms with Gasteiger partial charge in [0.2, 0.25) is 5.91 Å². The van der Waals surface area contributed by atoms with Gasteiger partial charge in [-0.3, -0.25) is 4.79 Å². The molecule has 2 fully saturated rings. The zero-order valence-corrected chi connectivity index (χ0v) is 17.1. The Balaban J connectivity index is 1.24. The Morgan fingerprint density at radius 1 is 1.20 bits per heavy atom. The van der Waals surface area contributed by atoms with Gasteiger partial charge in [0.1, 0.15) is 0 Å². The summed E-state index contributed by atoms with van der Waals surface area (Å²) in [6.45, 7) is 6.43. The van der Waals surface area contributed by atoms with E-state index >= 15 is 0 Å². The summed E-state index contributed by atoms with van der Waals surface area (Å²) in [4.78, 5) is 16.0. The predicted molar refractivity (Wildman–Crippen MR) is 108 cm³/mol. The van der Waals surface area contributed by atoms with Gasteiger partial charge >= 0.3 is 0 Å². The Morgan fingerprint density at radius 2 is 2.07 bits per heavy atom. The highest BCUT2D eigenvalue weighted by atomic mass is 16.5. The van der Waals surface area contributed by atoms with Gasteiger partial charge in [-0.15, -0.1) is 15.3 Å². The number of carbonyl (C=O) groups excluding carboxylic acids is 1. The minimum atomic E-state index is 0.0893. The molecule has 10 heteroatoms. The largest absolute Gasteiger partial charge is 0.373 e. The predicted octanol–water partition coefficient (Wildman–Crippen LogP) is 0.737. The first-order chi connectivity index (χ1) is 14.7. The molecule has 1 unspecified atom stereocenters. The molecule has 158 valence electrons. The quantitative estimate of drug-likeness (QED) is 0.626. The molecule has 0 radical (unpaired) electrons. The molecule has 0 saturated carbocycles. The molecule has 0 N–H and O–H groups in total. The standard InChI is InChI=1S/C20H26N8O2/c1-15(29)26-11-12-30-17(14-26)13-25-9-5-16(6-10-25)20-23-22-18-3-4-19(24-28(18)20)27-8-2-7-21-27/h2-4,7-8,16-17H,5-6,9-14H2,1H3. The highest BCUT2D eigenvalue weighted by Crippen LogP contribution is 2.27. The number of nitrogens with zero attached hydrogens (tertiary/aromatic N) is 8. The molecule has 0 aromatic carbocycles. The van der Waals surface area contributed by atoms with Crippen LogP contribution < -0.4 is 0 Å². The SMILES string of the molecule is CC(=O)N1CCOC(CN2CCC(c3nnc4ccc(-n5cccn5)nn34)CC2)C1. The van der Waals surface area contributed by atoms with Crippen molar-refractivity contribution in [2.45, 2.75) is 31.8 Å². The van der Waals surface area contributed by atoms with Gasteiger partial charge in [0.25, 0.3) is 0 Å². The van der Waals surface area contributed by atoms with Gasteiger partial charge < -0.3 is 14.5 Å². The van der Waals surface area contributed by atoms with Crippen LogP contribution in [0.2, 0.25) is 0 Å². The third kappa shape index (κ3) is 3.80. The molecule has 1 amide bonds. The van der Waals surface area contributed by atoms with Gasteiger partial charge in [-0.05, 0) is 44.1 Å². The summed E-state index contributed by atoms with van der Waals surface area (Å²) in [6.07, 6.45) is 5.69. The molecule has 10 nitrogen and oxygen atoms in total. The van der Waals surface area contributed by atoms with Crippen LogP contribution in [0, 0.1) is 0 Å². The molecule has 5 rings (SSSR count). The van der Waals surface area contributed by atoms with E-state index in [4.69, 9.17) is 9.84 Å². The van der Waals surface area contributed by atoms with Crippen LogP contribution in [0.15, 0.2) is 30.6 Å². The van der Waals surface area contributed by atoms with Crippen molar-refractivity contribution in [3.63, 3.8) is 0 Å². The van der Waals surface area contributed by atoms with Crippen LogP contribution in [0.25, 0.3) is 11.5 Å². The van der Waals surface area contributed by atoms with Crippen molar-refractivity contribution in [2.24, 2.45) is 0 Å². The molecular weight excluding hydrogens is 384 g/mol. The van der Waals surface area contributed by atoms with E-state index in [9.17, 15) is 4.79 Å². The van der Waals surface area contributed by atoms with Crippen molar-refractivity contribution in [3.05, 3.63) is 36.4 Å². The topological polar surface area (TPSA) is 93.7 Å². The fourth-order valence-corrected chi connectivity index (χ4v) is 4.35. The lowest BCUT2D eigenvalue weighted by molar-refractivity contribution is -0.137. The van der Waals surface area contributed by atoms with Crippen molar-refractivity contribution >= 4 is 11.6 Å². The number of likely N-dealkylation sites (tertiary alicyclic amines) is 1. The minimum Gasteiger partial charge on any atom is -0.373 e. The van der Waals surface area contributed by atoms with E-state index in [-0.39, 0.29) is 12.0 Å². The van der Waals surface area contributed by atoms with E-state index in [0.717, 1.165) is 49.8 Å². The first kappa shape index (κ1) is 19.1. The molecule has 5 heterocycles. The van der Waals surface area contributed by atoms with Gasteiger partial charge in [-0.1, -0.05) is 0 Å². The monoisotopic (exact) mass is 410 g/mol. The summed E-state index contributed by atoms with van der Waals surface area (Å²) in [7, 11) is 0. The van der Waals surface area contributed by atoms with Gasteiger partial charge in [-0.25, -0.2) is 4.68 Å². The molecular formula is C20H26N8O2. The fourth-order valence-electron chi connectivity index (χ4n) is 4.35. The second-order valence-corrected chi connectivity index (χ2v) is 8.00. The Kier molecular flexibility index (Phi) is 5.17. The first-order valence-electron chi connectivity index (χ1n) is 10.5. The number of aromatic nitrogens is 6. The number of piperidine rings is 1. The van der Waals surface area contributed by atoms with Crippen molar-refractivity contribution in [3.8, 4) is 5.82 Å². The van der Waals surface area contributed by atoms with Crippen molar-refractivity contribution in [1.29, 1.82) is 0 Å². The lowest BCUT2D eigenvalue weighted by atomic mass is 9.96. The molecule has 0 aliphatic carbocycles. The third-order valence-electron chi connectivity index (χ3n) is 6.01. The summed E-state index contributed by atoms with van der Waals surface area (Å²) in [5.41, 5.74) is 0.753. The Bertz CT molecular complexity index is 1010. The van der Waals surface area contributed by atoms with Gasteiger partial charge in [-0.2, -0.15) is 9.61 Å². The number of rotatable bonds is 4. The summed E-state index contributed by atoms with van der Waals surface area (Å²) >= 11 is 0. The number of hydrogen-bond donors (Lipinski definition) is 0. The Labute approximate surface area is 174 Å². The molecule has 0 bridgehead atoms. The maximum absolute atomic E-state index is 11.6. The van der Waals surface area contributed by atoms with Gasteiger partial charge in [0.15, 0.2) is 17.3 Å². The number of morpholine rings is 1. The number of carbonyl (C=O) groups is 1. The first-order valence-corrected chi connectivity index (χ1v) is 10.5. The van der Waals surface area contributed by atoms with E-state index in [1.807, 2.05) is 33.8 Å². The van der Waals surface area contributed by atoms with Gasteiger partial charge in [0, 0.05) is 44.9 Å². The van der Waals surface area contributed by atoms with Crippen LogP contribution in [0.4, 0.5) is 0 Å². The smallest absolute Gasteiger partial charge is 0.219 e. The molecule has 2 aliphatic rings. The van der Waals surface area contributed by atoms with Crippen LogP contribution in [-0.4, -0.2) is 90.7 Å². The summed E-state index contributed by atoms with van der Waals surface area (Å²) in [5, 5.41) is 17.7. The van der Waals surface area contributed by atoms with Crippen molar-refractivity contribution < 1.29 is 9.53 Å². The number of ether oxygens (including phenoxy) is 1. The van der Waals surface area contributed by atoms with E-state index in [2.05, 4.69) is 20.2 Å². The lowest BCUT2D eigenvalue weighted by Crippen LogP contribution is -2.50. The molecule has 30 heavy (non-hydrogen) atoms. The fraction of sp³-hybridized carbons (Fsp3) is 0.550. The normalized spacial score (nSPS) is 21.4. The van der Waals surface area contributed by atoms with Crippen LogP contribution in [0.3, 0.4) is 0 Å². The van der Waals surface area contributed by atoms with Gasteiger partial charge in [0.05, 0.1) is 12.7 Å². The minimum absolute atomic E-state index is 0.0893. The van der Waals surface area contributed by atoms with Crippen molar-refractivity contribution in [1.82, 2.24) is 39.4 Å². The molecule has 1 atom stereocenters. The highest BCUT2D eigenvalue weighted by molar-refractivity contribution is 5.73. The molecule has 0 spiro atoms. The van der Waals surface area contributed by atoms with Crippen LogP contribution in [0.1, 0.15) is 31.5 Å².